The predicted octanol–water partition coefficient (Wildman–Crippen LogP) is 4.83. The third kappa shape index (κ3) is 2.59. The van der Waals surface area contributed by atoms with E-state index < -0.39 is 0 Å². The average Bonchev–Trinajstić information content (AvgIpc) is 2.86. The van der Waals surface area contributed by atoms with Gasteiger partial charge in [0.1, 0.15) is 5.76 Å². The van der Waals surface area contributed by atoms with Gasteiger partial charge in [-0.2, -0.15) is 0 Å². The minimum Gasteiger partial charge on any atom is -0.459 e. The molecule has 1 fully saturated rings. The second-order valence-corrected chi connectivity index (χ2v) is 6.56. The van der Waals surface area contributed by atoms with Gasteiger partial charge in [0.15, 0.2) is 5.58 Å². The molecule has 108 valence electrons. The third-order valence-corrected chi connectivity index (χ3v) is 4.90. The zero-order valence-corrected chi connectivity index (χ0v) is 12.9. The molecular weight excluding hydrogens is 270 g/mol. The van der Waals surface area contributed by atoms with Crippen molar-refractivity contribution < 1.29 is 4.42 Å². The van der Waals surface area contributed by atoms with E-state index in [1.165, 1.54) is 19.3 Å². The van der Waals surface area contributed by atoms with Crippen LogP contribution >= 0.6 is 11.6 Å². The fourth-order valence-corrected chi connectivity index (χ4v) is 3.75. The summed E-state index contributed by atoms with van der Waals surface area (Å²) in [4.78, 5) is 0. The Kier molecular flexibility index (Phi) is 4.04. The van der Waals surface area contributed by atoms with Crippen LogP contribution < -0.4 is 5.32 Å². The van der Waals surface area contributed by atoms with Crippen molar-refractivity contribution in [3.8, 4) is 0 Å². The molecule has 0 radical (unpaired) electrons. The molecule has 3 heteroatoms. The summed E-state index contributed by atoms with van der Waals surface area (Å²) in [6.07, 6.45) is 3.81. The van der Waals surface area contributed by atoms with Crippen LogP contribution in [-0.2, 0) is 0 Å². The molecule has 2 nitrogen and oxygen atoms in total. The van der Waals surface area contributed by atoms with Gasteiger partial charge < -0.3 is 9.73 Å². The minimum absolute atomic E-state index is 0.509. The first-order valence-electron chi connectivity index (χ1n) is 7.51. The number of para-hydroxylation sites is 1. The van der Waals surface area contributed by atoms with Gasteiger partial charge in [-0.1, -0.05) is 37.1 Å². The number of furan rings is 1. The lowest BCUT2D eigenvalue weighted by atomic mass is 9.73. The second kappa shape index (κ2) is 5.79. The Balaban J connectivity index is 1.96. The fraction of sp³-hybridized carbons (Fsp3) is 0.529. The molecule has 1 saturated carbocycles. The summed E-state index contributed by atoms with van der Waals surface area (Å²) in [5.74, 6) is 3.06. The van der Waals surface area contributed by atoms with Crippen molar-refractivity contribution in [2.45, 2.75) is 32.1 Å². The lowest BCUT2D eigenvalue weighted by Crippen LogP contribution is -2.29. The molecular formula is C17H22ClNO. The molecule has 3 unspecified atom stereocenters. The van der Waals surface area contributed by atoms with E-state index in [0.717, 1.165) is 29.2 Å². The van der Waals surface area contributed by atoms with E-state index in [1.807, 2.05) is 19.2 Å². The van der Waals surface area contributed by atoms with Crippen LogP contribution in [0.1, 0.15) is 37.9 Å². The molecule has 20 heavy (non-hydrogen) atoms. The van der Waals surface area contributed by atoms with E-state index in [9.17, 15) is 0 Å². The van der Waals surface area contributed by atoms with Crippen LogP contribution in [0.25, 0.3) is 11.0 Å². The maximum absolute atomic E-state index is 6.23. The van der Waals surface area contributed by atoms with E-state index in [1.54, 1.807) is 0 Å². The van der Waals surface area contributed by atoms with E-state index in [0.29, 0.717) is 16.9 Å². The average molecular weight is 292 g/mol. The Hall–Kier alpha value is -0.990. The molecule has 3 rings (SSSR count). The lowest BCUT2D eigenvalue weighted by molar-refractivity contribution is 0.224. The predicted molar refractivity (Wildman–Crippen MR) is 84.4 cm³/mol. The lowest BCUT2D eigenvalue weighted by Gasteiger charge is -2.33. The maximum Gasteiger partial charge on any atom is 0.152 e. The van der Waals surface area contributed by atoms with Gasteiger partial charge in [-0.25, -0.2) is 0 Å². The van der Waals surface area contributed by atoms with Crippen molar-refractivity contribution in [1.29, 1.82) is 0 Å². The minimum atomic E-state index is 0.509. The Morgan fingerprint density at radius 3 is 2.95 bits per heavy atom. The second-order valence-electron chi connectivity index (χ2n) is 6.15. The van der Waals surface area contributed by atoms with Gasteiger partial charge >= 0.3 is 0 Å². The normalized spacial score (nSPS) is 27.1. The summed E-state index contributed by atoms with van der Waals surface area (Å²) in [5, 5.41) is 5.16. The molecule has 1 heterocycles. The quantitative estimate of drug-likeness (QED) is 0.876. The molecule has 1 aliphatic carbocycles. The number of fused-ring (bicyclic) bond motifs is 1. The first-order chi connectivity index (χ1) is 9.69. The van der Waals surface area contributed by atoms with Gasteiger partial charge in [0.2, 0.25) is 0 Å². The maximum atomic E-state index is 6.23. The fourth-order valence-electron chi connectivity index (χ4n) is 3.53. The van der Waals surface area contributed by atoms with Crippen LogP contribution in [0.2, 0.25) is 5.02 Å². The number of hydrogen-bond donors (Lipinski definition) is 1. The number of rotatable bonds is 3. The standard InChI is InChI=1S/C17H22ClNO/c1-11-6-7-13(10-19-2)14(8-11)16-9-12-4-3-5-15(18)17(12)20-16/h3-5,9,11,13-14,19H,6-8,10H2,1-2H3. The topological polar surface area (TPSA) is 25.2 Å². The summed E-state index contributed by atoms with van der Waals surface area (Å²) >= 11 is 6.23. The summed E-state index contributed by atoms with van der Waals surface area (Å²) in [5.41, 5.74) is 0.839. The molecule has 3 atom stereocenters. The Morgan fingerprint density at radius 2 is 2.20 bits per heavy atom. The van der Waals surface area contributed by atoms with Gasteiger partial charge in [0, 0.05) is 11.3 Å². The van der Waals surface area contributed by atoms with Crippen LogP contribution in [0.5, 0.6) is 0 Å². The molecule has 1 aromatic carbocycles. The summed E-state index contributed by atoms with van der Waals surface area (Å²) in [7, 11) is 2.03. The molecule has 0 spiro atoms. The molecule has 0 aliphatic heterocycles. The zero-order valence-electron chi connectivity index (χ0n) is 12.2. The van der Waals surface area contributed by atoms with Crippen molar-refractivity contribution in [1.82, 2.24) is 5.32 Å². The van der Waals surface area contributed by atoms with Crippen molar-refractivity contribution in [3.05, 3.63) is 35.0 Å². The van der Waals surface area contributed by atoms with Crippen LogP contribution in [0.4, 0.5) is 0 Å². The van der Waals surface area contributed by atoms with Gasteiger partial charge in [0.05, 0.1) is 5.02 Å². The Morgan fingerprint density at radius 1 is 1.35 bits per heavy atom. The monoisotopic (exact) mass is 291 g/mol. The molecule has 0 saturated heterocycles. The highest BCUT2D eigenvalue weighted by molar-refractivity contribution is 6.34. The van der Waals surface area contributed by atoms with Crippen molar-refractivity contribution in [2.24, 2.45) is 11.8 Å². The van der Waals surface area contributed by atoms with Gasteiger partial charge in [-0.15, -0.1) is 0 Å². The molecule has 1 N–H and O–H groups in total. The molecule has 1 aliphatic rings. The van der Waals surface area contributed by atoms with Gasteiger partial charge in [0.25, 0.3) is 0 Å². The highest BCUT2D eigenvalue weighted by Crippen LogP contribution is 2.42. The van der Waals surface area contributed by atoms with Crippen LogP contribution in [-0.4, -0.2) is 13.6 Å². The van der Waals surface area contributed by atoms with Crippen LogP contribution in [0.15, 0.2) is 28.7 Å². The number of benzene rings is 1. The number of hydrogen-bond acceptors (Lipinski definition) is 2. The SMILES string of the molecule is CNCC1CCC(C)CC1c1cc2cccc(Cl)c2o1. The largest absolute Gasteiger partial charge is 0.459 e. The third-order valence-electron chi connectivity index (χ3n) is 4.60. The highest BCUT2D eigenvalue weighted by Gasteiger charge is 2.31. The van der Waals surface area contributed by atoms with E-state index in [-0.39, 0.29) is 0 Å². The first-order valence-corrected chi connectivity index (χ1v) is 7.89. The Bertz CT molecular complexity index is 592. The van der Waals surface area contributed by atoms with E-state index in [4.69, 9.17) is 16.0 Å². The van der Waals surface area contributed by atoms with Gasteiger partial charge in [-0.05, 0) is 50.4 Å². The molecule has 1 aromatic heterocycles. The van der Waals surface area contributed by atoms with E-state index in [2.05, 4.69) is 24.4 Å². The molecule has 0 bridgehead atoms. The van der Waals surface area contributed by atoms with Crippen LogP contribution in [0, 0.1) is 11.8 Å². The summed E-state index contributed by atoms with van der Waals surface area (Å²) in [6.45, 7) is 3.40. The first kappa shape index (κ1) is 14.0. The highest BCUT2D eigenvalue weighted by atomic mass is 35.5. The number of halogens is 1. The summed E-state index contributed by atoms with van der Waals surface area (Å²) in [6, 6.07) is 8.14. The van der Waals surface area contributed by atoms with Crippen molar-refractivity contribution in [2.75, 3.05) is 13.6 Å². The smallest absolute Gasteiger partial charge is 0.152 e. The zero-order chi connectivity index (χ0) is 14.1. The van der Waals surface area contributed by atoms with Crippen molar-refractivity contribution in [3.63, 3.8) is 0 Å². The summed E-state index contributed by atoms with van der Waals surface area (Å²) < 4.78 is 6.10. The molecule has 0 amide bonds. The number of nitrogens with one attached hydrogen (secondary N) is 1. The Labute approximate surface area is 125 Å². The van der Waals surface area contributed by atoms with Crippen molar-refractivity contribution >= 4 is 22.6 Å². The van der Waals surface area contributed by atoms with E-state index >= 15 is 0 Å². The van der Waals surface area contributed by atoms with Crippen LogP contribution in [0.3, 0.4) is 0 Å². The van der Waals surface area contributed by atoms with Gasteiger partial charge in [-0.3, -0.25) is 0 Å². The molecule has 2 aromatic rings.